The van der Waals surface area contributed by atoms with Crippen LogP contribution in [-0.4, -0.2) is 16.7 Å². The molecule has 25 heavy (non-hydrogen) atoms. The van der Waals surface area contributed by atoms with E-state index in [-0.39, 0.29) is 12.3 Å². The van der Waals surface area contributed by atoms with E-state index in [0.29, 0.717) is 0 Å². The van der Waals surface area contributed by atoms with Crippen LogP contribution in [0.15, 0.2) is 89.6 Å². The predicted molar refractivity (Wildman–Crippen MR) is 95.5 cm³/mol. The van der Waals surface area contributed by atoms with Crippen molar-refractivity contribution in [1.29, 1.82) is 0 Å². The third-order valence-corrected chi connectivity index (χ3v) is 3.64. The summed E-state index contributed by atoms with van der Waals surface area (Å²) in [5, 5.41) is 0. The smallest absolute Gasteiger partial charge is 0.296 e. The fourth-order valence-corrected chi connectivity index (χ4v) is 2.37. The summed E-state index contributed by atoms with van der Waals surface area (Å²) in [6, 6.07) is 22.0. The maximum atomic E-state index is 12.6. The molecule has 3 aromatic rings. The molecule has 0 radical (unpaired) electrons. The molecule has 4 heteroatoms. The summed E-state index contributed by atoms with van der Waals surface area (Å²) in [4.78, 5) is 26.4. The van der Waals surface area contributed by atoms with Gasteiger partial charge in [0.15, 0.2) is 5.76 Å². The second kappa shape index (κ2) is 7.93. The van der Waals surface area contributed by atoms with Crippen LogP contribution in [0.1, 0.15) is 21.7 Å². The molecule has 124 valence electrons. The van der Waals surface area contributed by atoms with Crippen LogP contribution < -0.4 is 0 Å². The first-order chi connectivity index (χ1) is 12.2. The molecule has 0 atom stereocenters. The number of nitrogens with zero attached hydrogens (tertiary/aromatic N) is 1. The average Bonchev–Trinajstić information content (AvgIpc) is 3.20. The molecule has 0 aliphatic carbocycles. The Labute approximate surface area is 146 Å². The highest BCUT2D eigenvalue weighted by Crippen LogP contribution is 2.12. The number of amides is 2. The highest BCUT2D eigenvalue weighted by molar-refractivity contribution is 6.07. The van der Waals surface area contributed by atoms with Crippen LogP contribution in [0.2, 0.25) is 0 Å². The molecule has 3 rings (SSSR count). The predicted octanol–water partition coefficient (Wildman–Crippen LogP) is 4.16. The first-order valence-corrected chi connectivity index (χ1v) is 7.90. The number of carbonyl (C=O) groups excluding carboxylic acids is 2. The molecule has 0 bridgehead atoms. The van der Waals surface area contributed by atoms with Gasteiger partial charge in [0, 0.05) is 6.08 Å². The minimum absolute atomic E-state index is 0.136. The number of carbonyl (C=O) groups is 2. The molecule has 1 aromatic heterocycles. The largest absolute Gasteiger partial charge is 0.459 e. The van der Waals surface area contributed by atoms with Crippen LogP contribution in [0.3, 0.4) is 0 Å². The fraction of sp³-hybridized carbons (Fsp3) is 0.0476. The van der Waals surface area contributed by atoms with Crippen molar-refractivity contribution in [2.45, 2.75) is 6.54 Å². The second-order valence-electron chi connectivity index (χ2n) is 5.44. The Bertz CT molecular complexity index is 853. The number of hydrogen-bond acceptors (Lipinski definition) is 3. The van der Waals surface area contributed by atoms with Gasteiger partial charge < -0.3 is 4.42 Å². The van der Waals surface area contributed by atoms with Crippen LogP contribution in [0.5, 0.6) is 0 Å². The van der Waals surface area contributed by atoms with Crippen molar-refractivity contribution in [2.75, 3.05) is 0 Å². The lowest BCUT2D eigenvalue weighted by Crippen LogP contribution is -2.35. The van der Waals surface area contributed by atoms with Gasteiger partial charge in [-0.2, -0.15) is 0 Å². The molecule has 4 nitrogen and oxygen atoms in total. The molecule has 2 aromatic carbocycles. The summed E-state index contributed by atoms with van der Waals surface area (Å²) in [5.74, 6) is -0.719. The average molecular weight is 331 g/mol. The first kappa shape index (κ1) is 16.5. The molecule has 0 spiro atoms. The number of benzene rings is 2. The number of furan rings is 1. The van der Waals surface area contributed by atoms with Crippen molar-refractivity contribution in [3.05, 3.63) is 102 Å². The summed E-state index contributed by atoms with van der Waals surface area (Å²) in [5.41, 5.74) is 1.75. The zero-order valence-electron chi connectivity index (χ0n) is 13.5. The van der Waals surface area contributed by atoms with E-state index in [1.54, 1.807) is 18.2 Å². The standard InChI is InChI=1S/C21H17NO3/c23-20(14-13-17-8-3-1-4-9-17)22(16-18-10-5-2-6-11-18)21(24)19-12-7-15-25-19/h1-15H,16H2/b14-13+. The Morgan fingerprint density at radius 3 is 2.20 bits per heavy atom. The van der Waals surface area contributed by atoms with Crippen molar-refractivity contribution in [3.8, 4) is 0 Å². The van der Waals surface area contributed by atoms with E-state index >= 15 is 0 Å². The molecule has 0 saturated heterocycles. The quantitative estimate of drug-likeness (QED) is 0.660. The van der Waals surface area contributed by atoms with Crippen molar-refractivity contribution in [3.63, 3.8) is 0 Å². The minimum Gasteiger partial charge on any atom is -0.459 e. The lowest BCUT2D eigenvalue weighted by atomic mass is 10.2. The van der Waals surface area contributed by atoms with Crippen molar-refractivity contribution < 1.29 is 14.0 Å². The van der Waals surface area contributed by atoms with Gasteiger partial charge >= 0.3 is 0 Å². The molecular weight excluding hydrogens is 314 g/mol. The monoisotopic (exact) mass is 331 g/mol. The Hall–Kier alpha value is -3.40. The lowest BCUT2D eigenvalue weighted by molar-refractivity contribution is -0.124. The van der Waals surface area contributed by atoms with E-state index in [1.165, 1.54) is 17.2 Å². The van der Waals surface area contributed by atoms with E-state index in [9.17, 15) is 9.59 Å². The van der Waals surface area contributed by atoms with Gasteiger partial charge in [0.05, 0.1) is 12.8 Å². The number of hydrogen-bond donors (Lipinski definition) is 0. The van der Waals surface area contributed by atoms with Crippen LogP contribution in [-0.2, 0) is 11.3 Å². The molecule has 0 fully saturated rings. The summed E-state index contributed by atoms with van der Waals surface area (Å²) in [6.45, 7) is 0.179. The third kappa shape index (κ3) is 4.32. The summed E-state index contributed by atoms with van der Waals surface area (Å²) in [7, 11) is 0. The van der Waals surface area contributed by atoms with Crippen LogP contribution in [0, 0.1) is 0 Å². The topological polar surface area (TPSA) is 50.5 Å². The van der Waals surface area contributed by atoms with E-state index < -0.39 is 11.8 Å². The summed E-state index contributed by atoms with van der Waals surface area (Å²) >= 11 is 0. The van der Waals surface area contributed by atoms with Crippen molar-refractivity contribution in [2.24, 2.45) is 0 Å². The van der Waals surface area contributed by atoms with Gasteiger partial charge in [-0.05, 0) is 29.3 Å². The van der Waals surface area contributed by atoms with Gasteiger partial charge in [-0.3, -0.25) is 14.5 Å². The van der Waals surface area contributed by atoms with E-state index in [1.807, 2.05) is 60.7 Å². The molecule has 0 N–H and O–H groups in total. The normalized spacial score (nSPS) is 10.7. The van der Waals surface area contributed by atoms with Crippen LogP contribution >= 0.6 is 0 Å². The van der Waals surface area contributed by atoms with E-state index in [2.05, 4.69) is 0 Å². The highest BCUT2D eigenvalue weighted by Gasteiger charge is 2.23. The van der Waals surface area contributed by atoms with Gasteiger partial charge in [-0.1, -0.05) is 60.7 Å². The Morgan fingerprint density at radius 1 is 0.880 bits per heavy atom. The molecule has 0 saturated carbocycles. The Morgan fingerprint density at radius 2 is 1.56 bits per heavy atom. The van der Waals surface area contributed by atoms with Crippen LogP contribution in [0.4, 0.5) is 0 Å². The number of rotatable bonds is 5. The zero-order valence-corrected chi connectivity index (χ0v) is 13.5. The van der Waals surface area contributed by atoms with Gasteiger partial charge in [0.25, 0.3) is 11.8 Å². The second-order valence-corrected chi connectivity index (χ2v) is 5.44. The molecule has 0 aliphatic heterocycles. The molecule has 0 unspecified atom stereocenters. The Balaban J connectivity index is 1.83. The maximum absolute atomic E-state index is 12.6. The summed E-state index contributed by atoms with van der Waals surface area (Å²) in [6.07, 6.45) is 4.51. The van der Waals surface area contributed by atoms with E-state index in [0.717, 1.165) is 11.1 Å². The zero-order chi connectivity index (χ0) is 17.5. The van der Waals surface area contributed by atoms with Gasteiger partial charge in [0.2, 0.25) is 0 Å². The number of imide groups is 1. The summed E-state index contributed by atoms with van der Waals surface area (Å²) < 4.78 is 5.16. The van der Waals surface area contributed by atoms with Gasteiger partial charge in [-0.25, -0.2) is 0 Å². The minimum atomic E-state index is -0.462. The van der Waals surface area contributed by atoms with Crippen LogP contribution in [0.25, 0.3) is 6.08 Å². The maximum Gasteiger partial charge on any atom is 0.296 e. The van der Waals surface area contributed by atoms with E-state index in [4.69, 9.17) is 4.42 Å². The molecule has 1 heterocycles. The van der Waals surface area contributed by atoms with Gasteiger partial charge in [-0.15, -0.1) is 0 Å². The molecule has 2 amide bonds. The van der Waals surface area contributed by atoms with Gasteiger partial charge in [0.1, 0.15) is 0 Å². The van der Waals surface area contributed by atoms with Crippen molar-refractivity contribution >= 4 is 17.9 Å². The SMILES string of the molecule is O=C(/C=C/c1ccccc1)N(Cc1ccccc1)C(=O)c1ccco1. The fourth-order valence-electron chi connectivity index (χ4n) is 2.37. The molecule has 0 aliphatic rings. The van der Waals surface area contributed by atoms with Crippen molar-refractivity contribution in [1.82, 2.24) is 4.90 Å². The lowest BCUT2D eigenvalue weighted by Gasteiger charge is -2.18. The first-order valence-electron chi connectivity index (χ1n) is 7.90. The molecular formula is C21H17NO3. The Kier molecular flexibility index (Phi) is 5.22. The highest BCUT2D eigenvalue weighted by atomic mass is 16.3. The third-order valence-electron chi connectivity index (χ3n) is 3.64.